The molecule has 0 aromatic heterocycles. The minimum atomic E-state index is -0.794. The second kappa shape index (κ2) is 13.3. The van der Waals surface area contributed by atoms with Crippen LogP contribution in [0.3, 0.4) is 0 Å². The van der Waals surface area contributed by atoms with Crippen molar-refractivity contribution in [1.82, 2.24) is 16.0 Å². The van der Waals surface area contributed by atoms with E-state index in [1.807, 2.05) is 60.7 Å². The van der Waals surface area contributed by atoms with Crippen LogP contribution >= 0.6 is 15.9 Å². The minimum absolute atomic E-state index is 0.118. The SMILES string of the molecule is N=C(N)NCCC[C@@H](NC(=O)C(c1ccccc1)c1ccccc1)C(=O)NCc1ccc(O)cc1Br. The maximum absolute atomic E-state index is 13.6. The highest BCUT2D eigenvalue weighted by Crippen LogP contribution is 2.25. The molecule has 36 heavy (non-hydrogen) atoms. The van der Waals surface area contributed by atoms with Crippen LogP contribution in [0, 0.1) is 5.41 Å². The number of hydrogen-bond acceptors (Lipinski definition) is 4. The van der Waals surface area contributed by atoms with Crippen LogP contribution in [0.15, 0.2) is 83.3 Å². The molecule has 3 aromatic carbocycles. The summed E-state index contributed by atoms with van der Waals surface area (Å²) in [5, 5.41) is 25.5. The van der Waals surface area contributed by atoms with Crippen LogP contribution in [0.2, 0.25) is 0 Å². The molecule has 3 rings (SSSR count). The van der Waals surface area contributed by atoms with Crippen molar-refractivity contribution in [2.45, 2.75) is 31.3 Å². The number of guanidine groups is 1. The first-order valence-electron chi connectivity index (χ1n) is 11.6. The predicted octanol–water partition coefficient (Wildman–Crippen LogP) is 3.35. The molecule has 8 nitrogen and oxygen atoms in total. The van der Waals surface area contributed by atoms with E-state index < -0.39 is 12.0 Å². The largest absolute Gasteiger partial charge is 0.508 e. The van der Waals surface area contributed by atoms with Crippen LogP contribution in [0.25, 0.3) is 0 Å². The molecule has 0 saturated heterocycles. The van der Waals surface area contributed by atoms with Gasteiger partial charge in [0.2, 0.25) is 11.8 Å². The van der Waals surface area contributed by atoms with Gasteiger partial charge in [0, 0.05) is 17.6 Å². The van der Waals surface area contributed by atoms with Gasteiger partial charge in [0.15, 0.2) is 5.96 Å². The summed E-state index contributed by atoms with van der Waals surface area (Å²) in [5.74, 6) is -1.22. The highest BCUT2D eigenvalue weighted by Gasteiger charge is 2.27. The van der Waals surface area contributed by atoms with Crippen molar-refractivity contribution in [3.8, 4) is 5.75 Å². The number of benzene rings is 3. The number of halogens is 1. The maximum atomic E-state index is 13.6. The van der Waals surface area contributed by atoms with Gasteiger partial charge in [-0.1, -0.05) is 82.7 Å². The van der Waals surface area contributed by atoms with Crippen molar-refractivity contribution in [1.29, 1.82) is 5.41 Å². The number of phenolic OH excluding ortho intramolecular Hbond substituents is 1. The quantitative estimate of drug-likeness (QED) is 0.123. The molecule has 9 heteroatoms. The second-order valence-electron chi connectivity index (χ2n) is 8.29. The fourth-order valence-corrected chi connectivity index (χ4v) is 4.33. The van der Waals surface area contributed by atoms with E-state index in [9.17, 15) is 14.7 Å². The van der Waals surface area contributed by atoms with Gasteiger partial charge in [-0.2, -0.15) is 0 Å². The molecule has 0 radical (unpaired) electrons. The number of rotatable bonds is 11. The van der Waals surface area contributed by atoms with Gasteiger partial charge >= 0.3 is 0 Å². The molecule has 0 aliphatic carbocycles. The lowest BCUT2D eigenvalue weighted by atomic mass is 9.90. The highest BCUT2D eigenvalue weighted by molar-refractivity contribution is 9.10. The number of nitrogens with two attached hydrogens (primary N) is 1. The maximum Gasteiger partial charge on any atom is 0.242 e. The molecular weight excluding hydrogens is 522 g/mol. The van der Waals surface area contributed by atoms with Crippen LogP contribution in [-0.2, 0) is 16.1 Å². The van der Waals surface area contributed by atoms with E-state index in [0.717, 1.165) is 16.7 Å². The Balaban J connectivity index is 1.77. The van der Waals surface area contributed by atoms with Crippen molar-refractivity contribution < 1.29 is 14.7 Å². The van der Waals surface area contributed by atoms with Gasteiger partial charge in [-0.05, 0) is 41.7 Å². The second-order valence-corrected chi connectivity index (χ2v) is 9.15. The Bertz CT molecular complexity index is 1140. The van der Waals surface area contributed by atoms with Gasteiger partial charge in [0.05, 0.1) is 5.92 Å². The minimum Gasteiger partial charge on any atom is -0.508 e. The molecule has 0 heterocycles. The van der Waals surface area contributed by atoms with E-state index in [1.54, 1.807) is 18.2 Å². The summed E-state index contributed by atoms with van der Waals surface area (Å²) in [6.45, 7) is 0.623. The molecular formula is C27H30BrN5O3. The van der Waals surface area contributed by atoms with Crippen LogP contribution in [-0.4, -0.2) is 35.5 Å². The van der Waals surface area contributed by atoms with Gasteiger partial charge in [-0.3, -0.25) is 15.0 Å². The van der Waals surface area contributed by atoms with E-state index in [-0.39, 0.29) is 30.1 Å². The van der Waals surface area contributed by atoms with E-state index >= 15 is 0 Å². The molecule has 3 aromatic rings. The lowest BCUT2D eigenvalue weighted by molar-refractivity contribution is -0.129. The summed E-state index contributed by atoms with van der Waals surface area (Å²) in [6, 6.07) is 22.9. The van der Waals surface area contributed by atoms with E-state index in [2.05, 4.69) is 31.9 Å². The number of amides is 2. The standard InChI is InChI=1S/C27H30BrN5O3/c28-22-16-21(34)14-13-20(22)17-32-25(35)23(12-7-15-31-27(29)30)33-26(36)24(18-8-3-1-4-9-18)19-10-5-2-6-11-19/h1-6,8-11,13-14,16,23-24,34H,7,12,15,17H2,(H,32,35)(H,33,36)(H4,29,30,31)/t23-/m1/s1. The van der Waals surface area contributed by atoms with Gasteiger partial charge in [-0.15, -0.1) is 0 Å². The zero-order chi connectivity index (χ0) is 25.9. The molecule has 0 bridgehead atoms. The summed E-state index contributed by atoms with van der Waals surface area (Å²) in [4.78, 5) is 26.7. The molecule has 1 atom stereocenters. The summed E-state index contributed by atoms with van der Waals surface area (Å²) in [7, 11) is 0. The molecule has 7 N–H and O–H groups in total. The van der Waals surface area contributed by atoms with Crippen LogP contribution < -0.4 is 21.7 Å². The predicted molar refractivity (Wildman–Crippen MR) is 143 cm³/mol. The van der Waals surface area contributed by atoms with Gasteiger partial charge < -0.3 is 26.8 Å². The number of carbonyl (C=O) groups is 2. The molecule has 0 aliphatic rings. The Morgan fingerprint density at radius 3 is 2.08 bits per heavy atom. The number of hydrogen-bond donors (Lipinski definition) is 6. The highest BCUT2D eigenvalue weighted by atomic mass is 79.9. The average molecular weight is 552 g/mol. The Morgan fingerprint density at radius 2 is 1.53 bits per heavy atom. The molecule has 188 valence electrons. The first kappa shape index (κ1) is 26.7. The third kappa shape index (κ3) is 7.84. The third-order valence-electron chi connectivity index (χ3n) is 5.64. The molecule has 0 saturated carbocycles. The van der Waals surface area contributed by atoms with Crippen LogP contribution in [0.5, 0.6) is 5.75 Å². The Morgan fingerprint density at radius 1 is 0.917 bits per heavy atom. The molecule has 0 fully saturated rings. The Labute approximate surface area is 218 Å². The van der Waals surface area contributed by atoms with Crippen molar-refractivity contribution >= 4 is 33.7 Å². The molecule has 0 unspecified atom stereocenters. The first-order valence-corrected chi connectivity index (χ1v) is 12.4. The van der Waals surface area contributed by atoms with Crippen LogP contribution in [0.1, 0.15) is 35.4 Å². The van der Waals surface area contributed by atoms with E-state index in [4.69, 9.17) is 11.1 Å². The molecule has 2 amide bonds. The average Bonchev–Trinajstić information content (AvgIpc) is 2.86. The number of phenols is 1. The van der Waals surface area contributed by atoms with Crippen molar-refractivity contribution in [3.63, 3.8) is 0 Å². The smallest absolute Gasteiger partial charge is 0.242 e. The Hall–Kier alpha value is -3.85. The Kier molecular flexibility index (Phi) is 9.88. The monoisotopic (exact) mass is 551 g/mol. The number of nitrogens with one attached hydrogen (secondary N) is 4. The number of carbonyl (C=O) groups excluding carboxylic acids is 2. The zero-order valence-corrected chi connectivity index (χ0v) is 21.3. The summed E-state index contributed by atoms with van der Waals surface area (Å²) >= 11 is 3.39. The van der Waals surface area contributed by atoms with Crippen molar-refractivity contribution in [2.75, 3.05) is 6.54 Å². The lowest BCUT2D eigenvalue weighted by Gasteiger charge is -2.23. The topological polar surface area (TPSA) is 140 Å². The van der Waals surface area contributed by atoms with Gasteiger partial charge in [0.25, 0.3) is 0 Å². The summed E-state index contributed by atoms with van der Waals surface area (Å²) in [5.41, 5.74) is 7.80. The molecule has 0 aliphatic heterocycles. The van der Waals surface area contributed by atoms with Crippen LogP contribution in [0.4, 0.5) is 0 Å². The summed E-state index contributed by atoms with van der Waals surface area (Å²) in [6.07, 6.45) is 0.868. The zero-order valence-electron chi connectivity index (χ0n) is 19.7. The summed E-state index contributed by atoms with van der Waals surface area (Å²) < 4.78 is 0.669. The van der Waals surface area contributed by atoms with E-state index in [1.165, 1.54) is 0 Å². The van der Waals surface area contributed by atoms with Crippen molar-refractivity contribution in [2.24, 2.45) is 5.73 Å². The fraction of sp³-hybridized carbons (Fsp3) is 0.222. The third-order valence-corrected chi connectivity index (χ3v) is 6.37. The van der Waals surface area contributed by atoms with Gasteiger partial charge in [-0.25, -0.2) is 0 Å². The number of aromatic hydroxyl groups is 1. The molecule has 0 spiro atoms. The first-order chi connectivity index (χ1) is 17.3. The van der Waals surface area contributed by atoms with Crippen molar-refractivity contribution in [3.05, 3.63) is 100 Å². The van der Waals surface area contributed by atoms with Gasteiger partial charge in [0.1, 0.15) is 11.8 Å². The normalized spacial score (nSPS) is 11.5. The lowest BCUT2D eigenvalue weighted by Crippen LogP contribution is -2.48. The van der Waals surface area contributed by atoms with E-state index in [0.29, 0.717) is 23.9 Å². The fourth-order valence-electron chi connectivity index (χ4n) is 3.82.